The van der Waals surface area contributed by atoms with E-state index in [4.69, 9.17) is 0 Å². The number of carboxylic acids is 1. The molecule has 0 amide bonds. The van der Waals surface area contributed by atoms with Crippen molar-refractivity contribution in [3.05, 3.63) is 28.8 Å². The third kappa shape index (κ3) is 2.54. The number of aromatic hydroxyl groups is 1. The predicted octanol–water partition coefficient (Wildman–Crippen LogP) is 4.54. The van der Waals surface area contributed by atoms with Crippen LogP contribution in [0.25, 0.3) is 0 Å². The molecule has 0 radical (unpaired) electrons. The number of carbonyl (C=O) groups is 1. The Morgan fingerprint density at radius 1 is 1.05 bits per heavy atom. The second-order valence-electron chi connectivity index (χ2n) is 6.87. The minimum atomic E-state index is -0.908. The van der Waals surface area contributed by atoms with Gasteiger partial charge in [0, 0.05) is 5.56 Å². The van der Waals surface area contributed by atoms with Gasteiger partial charge in [0.05, 0.1) is 5.41 Å². The van der Waals surface area contributed by atoms with Gasteiger partial charge in [0.25, 0.3) is 0 Å². The summed E-state index contributed by atoms with van der Waals surface area (Å²) in [6, 6.07) is 3.96. The maximum Gasteiger partial charge on any atom is 0.314 e. The van der Waals surface area contributed by atoms with Gasteiger partial charge in [-0.25, -0.2) is 0 Å². The SMILES string of the molecule is CC(C)c1ccc(C(C)C)c(C2(C(=O)O)CCCC2)c1O. The lowest BCUT2D eigenvalue weighted by Gasteiger charge is -2.30. The average Bonchev–Trinajstić information content (AvgIpc) is 2.87. The van der Waals surface area contributed by atoms with Crippen molar-refractivity contribution in [2.75, 3.05) is 0 Å². The predicted molar refractivity (Wildman–Crippen MR) is 84.1 cm³/mol. The van der Waals surface area contributed by atoms with Crippen LogP contribution in [0.4, 0.5) is 0 Å². The summed E-state index contributed by atoms with van der Waals surface area (Å²) in [7, 11) is 0. The van der Waals surface area contributed by atoms with Gasteiger partial charge in [0.1, 0.15) is 5.75 Å². The maximum atomic E-state index is 12.0. The summed E-state index contributed by atoms with van der Waals surface area (Å²) in [6.45, 7) is 8.15. The Hall–Kier alpha value is -1.51. The van der Waals surface area contributed by atoms with Crippen molar-refractivity contribution in [2.45, 2.75) is 70.6 Å². The summed E-state index contributed by atoms with van der Waals surface area (Å²) in [5.41, 5.74) is 1.59. The van der Waals surface area contributed by atoms with Crippen LogP contribution in [-0.2, 0) is 10.2 Å². The van der Waals surface area contributed by atoms with Crippen molar-refractivity contribution in [1.82, 2.24) is 0 Å². The van der Waals surface area contributed by atoms with Crippen LogP contribution in [-0.4, -0.2) is 16.2 Å². The smallest absolute Gasteiger partial charge is 0.314 e. The highest BCUT2D eigenvalue weighted by Crippen LogP contribution is 2.49. The number of rotatable bonds is 4. The lowest BCUT2D eigenvalue weighted by Crippen LogP contribution is -2.34. The fourth-order valence-corrected chi connectivity index (χ4v) is 3.62. The maximum absolute atomic E-state index is 12.0. The molecule has 0 aromatic heterocycles. The van der Waals surface area contributed by atoms with Crippen molar-refractivity contribution in [3.63, 3.8) is 0 Å². The van der Waals surface area contributed by atoms with E-state index in [0.29, 0.717) is 18.4 Å². The van der Waals surface area contributed by atoms with Crippen molar-refractivity contribution >= 4 is 5.97 Å². The quantitative estimate of drug-likeness (QED) is 0.856. The van der Waals surface area contributed by atoms with Crippen molar-refractivity contribution in [1.29, 1.82) is 0 Å². The molecular formula is C18H26O3. The fourth-order valence-electron chi connectivity index (χ4n) is 3.62. The monoisotopic (exact) mass is 290 g/mol. The van der Waals surface area contributed by atoms with Gasteiger partial charge >= 0.3 is 5.97 Å². The molecule has 0 atom stereocenters. The molecule has 3 heteroatoms. The van der Waals surface area contributed by atoms with Crippen molar-refractivity contribution < 1.29 is 15.0 Å². The van der Waals surface area contributed by atoms with E-state index in [1.54, 1.807) is 0 Å². The fraction of sp³-hybridized carbons (Fsp3) is 0.611. The molecule has 0 aliphatic heterocycles. The number of benzene rings is 1. The van der Waals surface area contributed by atoms with Crippen LogP contribution in [0.1, 0.15) is 81.9 Å². The van der Waals surface area contributed by atoms with Crippen LogP contribution in [0.15, 0.2) is 12.1 Å². The average molecular weight is 290 g/mol. The van der Waals surface area contributed by atoms with E-state index < -0.39 is 11.4 Å². The third-order valence-electron chi connectivity index (χ3n) is 4.83. The zero-order chi connectivity index (χ0) is 15.8. The molecule has 21 heavy (non-hydrogen) atoms. The summed E-state index contributed by atoms with van der Waals surface area (Å²) in [4.78, 5) is 12.0. The van der Waals surface area contributed by atoms with Gasteiger partial charge in [-0.1, -0.05) is 52.7 Å². The Morgan fingerprint density at radius 3 is 1.95 bits per heavy atom. The molecule has 0 bridgehead atoms. The van der Waals surface area contributed by atoms with E-state index in [1.165, 1.54) is 0 Å². The Labute approximate surface area is 127 Å². The van der Waals surface area contributed by atoms with Gasteiger partial charge in [-0.3, -0.25) is 4.79 Å². The highest BCUT2D eigenvalue weighted by atomic mass is 16.4. The Bertz CT molecular complexity index is 538. The summed E-state index contributed by atoms with van der Waals surface area (Å²) in [5, 5.41) is 20.7. The number of hydrogen-bond acceptors (Lipinski definition) is 2. The van der Waals surface area contributed by atoms with Crippen LogP contribution < -0.4 is 0 Å². The van der Waals surface area contributed by atoms with Crippen LogP contribution in [0, 0.1) is 0 Å². The number of phenolic OH excluding ortho intramolecular Hbond substituents is 1. The molecule has 116 valence electrons. The largest absolute Gasteiger partial charge is 0.507 e. The first kappa shape index (κ1) is 15.9. The Morgan fingerprint density at radius 2 is 1.52 bits per heavy atom. The van der Waals surface area contributed by atoms with E-state index in [0.717, 1.165) is 24.0 Å². The molecular weight excluding hydrogens is 264 g/mol. The molecule has 2 N–H and O–H groups in total. The zero-order valence-electron chi connectivity index (χ0n) is 13.4. The summed E-state index contributed by atoms with van der Waals surface area (Å²) >= 11 is 0. The molecule has 1 fully saturated rings. The molecule has 1 saturated carbocycles. The molecule has 1 aliphatic carbocycles. The van der Waals surface area contributed by atoms with Gasteiger partial charge in [-0.15, -0.1) is 0 Å². The minimum Gasteiger partial charge on any atom is -0.507 e. The number of carboxylic acid groups (broad SMARTS) is 1. The van der Waals surface area contributed by atoms with Crippen LogP contribution in [0.3, 0.4) is 0 Å². The van der Waals surface area contributed by atoms with Crippen molar-refractivity contribution in [3.8, 4) is 5.75 Å². The van der Waals surface area contributed by atoms with E-state index in [2.05, 4.69) is 13.8 Å². The molecule has 1 aromatic carbocycles. The van der Waals surface area contributed by atoms with E-state index in [-0.39, 0.29) is 17.6 Å². The molecule has 1 aromatic rings. The Kier molecular flexibility index (Phi) is 4.31. The van der Waals surface area contributed by atoms with Crippen LogP contribution in [0.2, 0.25) is 0 Å². The highest BCUT2D eigenvalue weighted by molar-refractivity contribution is 5.84. The first-order chi connectivity index (χ1) is 9.81. The summed E-state index contributed by atoms with van der Waals surface area (Å²) in [5.74, 6) is -0.209. The van der Waals surface area contributed by atoms with E-state index in [9.17, 15) is 15.0 Å². The lowest BCUT2D eigenvalue weighted by atomic mass is 9.73. The number of aliphatic carboxylic acids is 1. The molecule has 3 nitrogen and oxygen atoms in total. The van der Waals surface area contributed by atoms with Gasteiger partial charge in [-0.2, -0.15) is 0 Å². The lowest BCUT2D eigenvalue weighted by molar-refractivity contribution is -0.143. The second kappa shape index (κ2) is 5.70. The van der Waals surface area contributed by atoms with Gasteiger partial charge in [0.2, 0.25) is 0 Å². The molecule has 0 unspecified atom stereocenters. The Balaban J connectivity index is 2.74. The van der Waals surface area contributed by atoms with E-state index >= 15 is 0 Å². The standard InChI is InChI=1S/C18H26O3/c1-11(2)13-7-8-14(12(3)4)16(19)15(13)18(17(20)21)9-5-6-10-18/h7-8,11-12,19H,5-6,9-10H2,1-4H3,(H,20,21). The molecule has 0 spiro atoms. The number of phenols is 1. The second-order valence-corrected chi connectivity index (χ2v) is 6.87. The topological polar surface area (TPSA) is 57.5 Å². The molecule has 2 rings (SSSR count). The normalized spacial score (nSPS) is 17.6. The molecule has 1 aliphatic rings. The van der Waals surface area contributed by atoms with Crippen LogP contribution in [0.5, 0.6) is 5.75 Å². The molecule has 0 heterocycles. The van der Waals surface area contributed by atoms with Gasteiger partial charge in [-0.05, 0) is 35.8 Å². The minimum absolute atomic E-state index is 0.178. The zero-order valence-corrected chi connectivity index (χ0v) is 13.4. The third-order valence-corrected chi connectivity index (χ3v) is 4.83. The number of hydrogen-bond donors (Lipinski definition) is 2. The summed E-state index contributed by atoms with van der Waals surface area (Å²) < 4.78 is 0. The highest BCUT2D eigenvalue weighted by Gasteiger charge is 2.46. The first-order valence-corrected chi connectivity index (χ1v) is 7.91. The first-order valence-electron chi connectivity index (χ1n) is 7.91. The van der Waals surface area contributed by atoms with Gasteiger partial charge in [0.15, 0.2) is 0 Å². The van der Waals surface area contributed by atoms with Crippen LogP contribution >= 0.6 is 0 Å². The summed E-state index contributed by atoms with van der Waals surface area (Å²) in [6.07, 6.45) is 3.07. The van der Waals surface area contributed by atoms with E-state index in [1.807, 2.05) is 26.0 Å². The molecule has 0 saturated heterocycles. The van der Waals surface area contributed by atoms with Crippen molar-refractivity contribution in [2.24, 2.45) is 0 Å². The van der Waals surface area contributed by atoms with Gasteiger partial charge < -0.3 is 10.2 Å².